The van der Waals surface area contributed by atoms with Gasteiger partial charge >= 0.3 is 5.97 Å². The fraction of sp³-hybridized carbons (Fsp3) is 0.600. The number of nitrogens with zero attached hydrogens (tertiary/aromatic N) is 2. The zero-order chi connectivity index (χ0) is 14.5. The van der Waals surface area contributed by atoms with Crippen LogP contribution in [0.5, 0.6) is 0 Å². The van der Waals surface area contributed by atoms with Gasteiger partial charge in [0.15, 0.2) is 0 Å². The average molecular weight is 278 g/mol. The van der Waals surface area contributed by atoms with E-state index in [1.807, 2.05) is 26.8 Å². The van der Waals surface area contributed by atoms with Crippen LogP contribution < -0.4 is 0 Å². The van der Waals surface area contributed by atoms with Crippen LogP contribution in [0.25, 0.3) is 0 Å². The summed E-state index contributed by atoms with van der Waals surface area (Å²) in [5, 5.41) is 0. The van der Waals surface area contributed by atoms with Gasteiger partial charge in [0.05, 0.1) is 31.1 Å². The Kier molecular flexibility index (Phi) is 5.09. The molecule has 1 aromatic rings. The lowest BCUT2D eigenvalue weighted by atomic mass is 10.0. The molecule has 0 amide bonds. The van der Waals surface area contributed by atoms with Crippen LogP contribution in [-0.2, 0) is 16.0 Å². The largest absolute Gasteiger partial charge is 0.462 e. The molecule has 0 aromatic carbocycles. The minimum absolute atomic E-state index is 0.277. The van der Waals surface area contributed by atoms with E-state index in [0.29, 0.717) is 12.2 Å². The number of rotatable bonds is 4. The quantitative estimate of drug-likeness (QED) is 0.785. The van der Waals surface area contributed by atoms with Crippen LogP contribution >= 0.6 is 0 Å². The van der Waals surface area contributed by atoms with Crippen molar-refractivity contribution in [2.24, 2.45) is 0 Å². The molecule has 2 rings (SSSR count). The number of aromatic nitrogens is 1. The van der Waals surface area contributed by atoms with E-state index in [0.717, 1.165) is 49.8 Å². The normalized spacial score (nSPS) is 16.1. The molecule has 0 radical (unpaired) electrons. The number of carbonyl (C=O) groups is 1. The molecule has 0 atom stereocenters. The highest BCUT2D eigenvalue weighted by molar-refractivity contribution is 5.92. The molecular formula is C15H22N2O3. The maximum atomic E-state index is 12.1. The van der Waals surface area contributed by atoms with Crippen molar-refractivity contribution >= 4 is 5.97 Å². The van der Waals surface area contributed by atoms with Crippen LogP contribution in [0.4, 0.5) is 0 Å². The highest BCUT2D eigenvalue weighted by Gasteiger charge is 2.20. The number of esters is 1. The van der Waals surface area contributed by atoms with Crippen molar-refractivity contribution in [3.63, 3.8) is 0 Å². The van der Waals surface area contributed by atoms with Gasteiger partial charge in [-0.1, -0.05) is 0 Å². The van der Waals surface area contributed by atoms with Gasteiger partial charge < -0.3 is 9.47 Å². The van der Waals surface area contributed by atoms with Gasteiger partial charge in [-0.2, -0.15) is 0 Å². The molecular weight excluding hydrogens is 256 g/mol. The van der Waals surface area contributed by atoms with E-state index in [9.17, 15) is 4.79 Å². The molecule has 0 unspecified atom stereocenters. The zero-order valence-electron chi connectivity index (χ0n) is 12.4. The molecule has 0 saturated carbocycles. The molecule has 0 spiro atoms. The van der Waals surface area contributed by atoms with Crippen LogP contribution in [0.3, 0.4) is 0 Å². The Morgan fingerprint density at radius 3 is 2.75 bits per heavy atom. The molecule has 0 bridgehead atoms. The van der Waals surface area contributed by atoms with Crippen molar-refractivity contribution in [1.82, 2.24) is 9.88 Å². The first kappa shape index (κ1) is 14.9. The Hall–Kier alpha value is -1.46. The number of aryl methyl sites for hydroxylation is 2. The Bertz CT molecular complexity index is 482. The standard InChI is InChI=1S/C15H22N2O3/c1-4-20-15(18)14-12(3)16-11(2)9-13(14)10-17-5-7-19-8-6-17/h9H,4-8,10H2,1-3H3. The third-order valence-electron chi connectivity index (χ3n) is 3.39. The Labute approximate surface area is 119 Å². The van der Waals surface area contributed by atoms with Crippen LogP contribution in [0.15, 0.2) is 6.07 Å². The second-order valence-corrected chi connectivity index (χ2v) is 4.99. The van der Waals surface area contributed by atoms with Crippen LogP contribution in [0.1, 0.15) is 34.2 Å². The third kappa shape index (κ3) is 3.55. The molecule has 5 nitrogen and oxygen atoms in total. The molecule has 0 aliphatic carbocycles. The summed E-state index contributed by atoms with van der Waals surface area (Å²) in [7, 11) is 0. The molecule has 5 heteroatoms. The summed E-state index contributed by atoms with van der Waals surface area (Å²) < 4.78 is 10.5. The number of morpholine rings is 1. The highest BCUT2D eigenvalue weighted by Crippen LogP contribution is 2.18. The molecule has 0 N–H and O–H groups in total. The van der Waals surface area contributed by atoms with Crippen LogP contribution in [-0.4, -0.2) is 48.8 Å². The Morgan fingerprint density at radius 1 is 1.40 bits per heavy atom. The summed E-state index contributed by atoms with van der Waals surface area (Å²) in [6.07, 6.45) is 0. The number of carbonyl (C=O) groups excluding carboxylic acids is 1. The van der Waals surface area contributed by atoms with E-state index in [1.165, 1.54) is 0 Å². The van der Waals surface area contributed by atoms with E-state index in [4.69, 9.17) is 9.47 Å². The maximum absolute atomic E-state index is 12.1. The van der Waals surface area contributed by atoms with Crippen molar-refractivity contribution in [2.75, 3.05) is 32.9 Å². The summed E-state index contributed by atoms with van der Waals surface area (Å²) in [5.74, 6) is -0.277. The van der Waals surface area contributed by atoms with E-state index >= 15 is 0 Å². The molecule has 110 valence electrons. The minimum Gasteiger partial charge on any atom is -0.462 e. The second kappa shape index (κ2) is 6.81. The number of hydrogen-bond donors (Lipinski definition) is 0. The maximum Gasteiger partial charge on any atom is 0.340 e. The minimum atomic E-state index is -0.277. The molecule has 1 aliphatic heterocycles. The van der Waals surface area contributed by atoms with Gasteiger partial charge in [0.2, 0.25) is 0 Å². The van der Waals surface area contributed by atoms with E-state index < -0.39 is 0 Å². The van der Waals surface area contributed by atoms with Gasteiger partial charge in [-0.25, -0.2) is 4.79 Å². The van der Waals surface area contributed by atoms with Crippen molar-refractivity contribution in [1.29, 1.82) is 0 Å². The van der Waals surface area contributed by atoms with Gasteiger partial charge in [-0.15, -0.1) is 0 Å². The van der Waals surface area contributed by atoms with Crippen molar-refractivity contribution < 1.29 is 14.3 Å². The predicted octanol–water partition coefficient (Wildman–Crippen LogP) is 1.71. The summed E-state index contributed by atoms with van der Waals surface area (Å²) in [4.78, 5) is 18.8. The molecule has 1 fully saturated rings. The predicted molar refractivity (Wildman–Crippen MR) is 75.8 cm³/mol. The van der Waals surface area contributed by atoms with Gasteiger partial charge in [0, 0.05) is 25.3 Å². The molecule has 1 aliphatic rings. The topological polar surface area (TPSA) is 51.7 Å². The van der Waals surface area contributed by atoms with E-state index in [2.05, 4.69) is 9.88 Å². The SMILES string of the molecule is CCOC(=O)c1c(CN2CCOCC2)cc(C)nc1C. The lowest BCUT2D eigenvalue weighted by Gasteiger charge is -2.27. The fourth-order valence-corrected chi connectivity index (χ4v) is 2.52. The molecule has 1 aromatic heterocycles. The first-order chi connectivity index (χ1) is 9.61. The van der Waals surface area contributed by atoms with Gasteiger partial charge in [0.25, 0.3) is 0 Å². The smallest absolute Gasteiger partial charge is 0.340 e. The monoisotopic (exact) mass is 278 g/mol. The van der Waals surface area contributed by atoms with Crippen molar-refractivity contribution in [3.05, 3.63) is 28.6 Å². The van der Waals surface area contributed by atoms with Crippen LogP contribution in [0, 0.1) is 13.8 Å². The van der Waals surface area contributed by atoms with Crippen LogP contribution in [0.2, 0.25) is 0 Å². The van der Waals surface area contributed by atoms with Gasteiger partial charge in [0.1, 0.15) is 0 Å². The first-order valence-electron chi connectivity index (χ1n) is 7.06. The summed E-state index contributed by atoms with van der Waals surface area (Å²) in [5.41, 5.74) is 3.28. The lowest BCUT2D eigenvalue weighted by molar-refractivity contribution is 0.0336. The second-order valence-electron chi connectivity index (χ2n) is 4.99. The summed E-state index contributed by atoms with van der Waals surface area (Å²) >= 11 is 0. The molecule has 2 heterocycles. The van der Waals surface area contributed by atoms with Crippen molar-refractivity contribution in [3.8, 4) is 0 Å². The number of ether oxygens (including phenoxy) is 2. The third-order valence-corrected chi connectivity index (χ3v) is 3.39. The fourth-order valence-electron chi connectivity index (χ4n) is 2.52. The Morgan fingerprint density at radius 2 is 2.10 bits per heavy atom. The molecule has 20 heavy (non-hydrogen) atoms. The summed E-state index contributed by atoms with van der Waals surface area (Å²) in [6.45, 7) is 10.0. The molecule has 1 saturated heterocycles. The average Bonchev–Trinajstić information content (AvgIpc) is 2.39. The summed E-state index contributed by atoms with van der Waals surface area (Å²) in [6, 6.07) is 1.98. The van der Waals surface area contributed by atoms with Gasteiger partial charge in [-0.3, -0.25) is 9.88 Å². The lowest BCUT2D eigenvalue weighted by Crippen LogP contribution is -2.36. The Balaban J connectivity index is 2.26. The number of hydrogen-bond acceptors (Lipinski definition) is 5. The number of pyridine rings is 1. The van der Waals surface area contributed by atoms with Crippen molar-refractivity contribution in [2.45, 2.75) is 27.3 Å². The van der Waals surface area contributed by atoms with Gasteiger partial charge in [-0.05, 0) is 32.4 Å². The highest BCUT2D eigenvalue weighted by atomic mass is 16.5. The zero-order valence-corrected chi connectivity index (χ0v) is 12.4. The first-order valence-corrected chi connectivity index (χ1v) is 7.06. The van der Waals surface area contributed by atoms with E-state index in [1.54, 1.807) is 0 Å². The van der Waals surface area contributed by atoms with E-state index in [-0.39, 0.29) is 5.97 Å².